The fraction of sp³-hybridized carbons (Fsp3) is 0.167. The first-order chi connectivity index (χ1) is 11.5. The van der Waals surface area contributed by atoms with Gasteiger partial charge in [-0.05, 0) is 23.8 Å². The highest BCUT2D eigenvalue weighted by atomic mass is 16.4. The summed E-state index contributed by atoms with van der Waals surface area (Å²) in [6, 6.07) is 16.0. The molecular formula is C18H18N2O4. The Labute approximate surface area is 139 Å². The Morgan fingerprint density at radius 1 is 0.917 bits per heavy atom. The van der Waals surface area contributed by atoms with E-state index in [1.165, 1.54) is 0 Å². The Kier molecular flexibility index (Phi) is 6.08. The molecule has 0 radical (unpaired) electrons. The van der Waals surface area contributed by atoms with Gasteiger partial charge < -0.3 is 15.7 Å². The van der Waals surface area contributed by atoms with E-state index in [0.29, 0.717) is 17.8 Å². The van der Waals surface area contributed by atoms with Gasteiger partial charge >= 0.3 is 5.97 Å². The van der Waals surface area contributed by atoms with Gasteiger partial charge in [0.05, 0.1) is 6.42 Å². The highest BCUT2D eigenvalue weighted by Crippen LogP contribution is 2.12. The molecule has 0 spiro atoms. The van der Waals surface area contributed by atoms with Gasteiger partial charge in [0.1, 0.15) is 0 Å². The Balaban J connectivity index is 1.92. The summed E-state index contributed by atoms with van der Waals surface area (Å²) in [4.78, 5) is 34.3. The Morgan fingerprint density at radius 2 is 1.67 bits per heavy atom. The quantitative estimate of drug-likeness (QED) is 0.728. The summed E-state index contributed by atoms with van der Waals surface area (Å²) in [6.45, 7) is 0.412. The number of carbonyl (C=O) groups is 3. The molecule has 2 aromatic carbocycles. The van der Waals surface area contributed by atoms with Crippen molar-refractivity contribution in [1.29, 1.82) is 0 Å². The fourth-order valence-corrected chi connectivity index (χ4v) is 2.06. The van der Waals surface area contributed by atoms with E-state index < -0.39 is 11.9 Å². The van der Waals surface area contributed by atoms with Gasteiger partial charge in [-0.1, -0.05) is 36.4 Å². The van der Waals surface area contributed by atoms with E-state index in [9.17, 15) is 14.4 Å². The first-order valence-electron chi connectivity index (χ1n) is 7.48. The van der Waals surface area contributed by atoms with E-state index in [4.69, 9.17) is 5.11 Å². The van der Waals surface area contributed by atoms with Crippen LogP contribution in [0.3, 0.4) is 0 Å². The minimum atomic E-state index is -1.03. The lowest BCUT2D eigenvalue weighted by Crippen LogP contribution is -2.23. The average molecular weight is 326 g/mol. The monoisotopic (exact) mass is 326 g/mol. The predicted octanol–water partition coefficient (Wildman–Crippen LogP) is 2.42. The Bertz CT molecular complexity index is 729. The highest BCUT2D eigenvalue weighted by molar-refractivity contribution is 5.97. The lowest BCUT2D eigenvalue weighted by Gasteiger charge is -2.08. The Morgan fingerprint density at radius 3 is 2.38 bits per heavy atom. The van der Waals surface area contributed by atoms with Crippen LogP contribution < -0.4 is 10.6 Å². The minimum absolute atomic E-state index is 0.111. The molecule has 0 aliphatic carbocycles. The van der Waals surface area contributed by atoms with E-state index in [0.717, 1.165) is 5.56 Å². The molecule has 0 heterocycles. The number of carboxylic acid groups (broad SMARTS) is 1. The smallest absolute Gasteiger partial charge is 0.303 e. The molecule has 2 amide bonds. The Hall–Kier alpha value is -3.15. The molecular weight excluding hydrogens is 308 g/mol. The van der Waals surface area contributed by atoms with E-state index in [2.05, 4.69) is 10.6 Å². The van der Waals surface area contributed by atoms with E-state index in [-0.39, 0.29) is 18.7 Å². The number of carboxylic acids is 1. The van der Waals surface area contributed by atoms with Gasteiger partial charge in [-0.15, -0.1) is 0 Å². The summed E-state index contributed by atoms with van der Waals surface area (Å²) < 4.78 is 0. The second-order valence-corrected chi connectivity index (χ2v) is 5.19. The topological polar surface area (TPSA) is 95.5 Å². The molecule has 0 atom stereocenters. The molecule has 2 aromatic rings. The number of hydrogen-bond donors (Lipinski definition) is 3. The summed E-state index contributed by atoms with van der Waals surface area (Å²) in [5.74, 6) is -1.68. The van der Waals surface area contributed by atoms with Gasteiger partial charge in [0.25, 0.3) is 5.91 Å². The summed E-state index contributed by atoms with van der Waals surface area (Å²) >= 11 is 0. The zero-order chi connectivity index (χ0) is 17.4. The third kappa shape index (κ3) is 5.57. The van der Waals surface area contributed by atoms with Crippen LogP contribution >= 0.6 is 0 Å². The molecule has 0 aromatic heterocycles. The van der Waals surface area contributed by atoms with Crippen LogP contribution in [0.2, 0.25) is 0 Å². The third-order valence-electron chi connectivity index (χ3n) is 3.27. The van der Waals surface area contributed by atoms with Gasteiger partial charge in [0.2, 0.25) is 5.91 Å². The molecule has 3 N–H and O–H groups in total. The average Bonchev–Trinajstić information content (AvgIpc) is 2.59. The van der Waals surface area contributed by atoms with Gasteiger partial charge in [-0.2, -0.15) is 0 Å². The number of aliphatic carboxylic acids is 1. The van der Waals surface area contributed by atoms with Crippen molar-refractivity contribution in [3.05, 3.63) is 65.7 Å². The molecule has 0 bridgehead atoms. The number of carbonyl (C=O) groups excluding carboxylic acids is 2. The van der Waals surface area contributed by atoms with Crippen LogP contribution in [0.4, 0.5) is 5.69 Å². The highest BCUT2D eigenvalue weighted by Gasteiger charge is 2.09. The van der Waals surface area contributed by atoms with Crippen LogP contribution in [0.5, 0.6) is 0 Å². The van der Waals surface area contributed by atoms with Gasteiger partial charge in [-0.3, -0.25) is 14.4 Å². The summed E-state index contributed by atoms with van der Waals surface area (Å²) in [6.07, 6.45) is -0.344. The summed E-state index contributed by atoms with van der Waals surface area (Å²) in [7, 11) is 0. The van der Waals surface area contributed by atoms with Crippen molar-refractivity contribution in [1.82, 2.24) is 5.32 Å². The molecule has 0 unspecified atom stereocenters. The van der Waals surface area contributed by atoms with E-state index in [1.54, 1.807) is 24.3 Å². The van der Waals surface area contributed by atoms with Crippen molar-refractivity contribution in [2.75, 3.05) is 5.32 Å². The van der Waals surface area contributed by atoms with Crippen molar-refractivity contribution in [3.8, 4) is 0 Å². The largest absolute Gasteiger partial charge is 0.481 e. The predicted molar refractivity (Wildman–Crippen MR) is 89.6 cm³/mol. The SMILES string of the molecule is O=C(O)CCC(=O)Nc1cccc(C(=O)NCc2ccccc2)c1. The van der Waals surface area contributed by atoms with Crippen molar-refractivity contribution in [2.24, 2.45) is 0 Å². The molecule has 0 saturated heterocycles. The second-order valence-electron chi connectivity index (χ2n) is 5.19. The van der Waals surface area contributed by atoms with Gasteiger partial charge in [0.15, 0.2) is 0 Å². The van der Waals surface area contributed by atoms with Crippen LogP contribution in [0.25, 0.3) is 0 Å². The molecule has 0 fully saturated rings. The second kappa shape index (κ2) is 8.47. The summed E-state index contributed by atoms with van der Waals surface area (Å²) in [5.41, 5.74) is 1.86. The molecule has 24 heavy (non-hydrogen) atoms. The van der Waals surface area contributed by atoms with E-state index in [1.807, 2.05) is 30.3 Å². The van der Waals surface area contributed by atoms with E-state index >= 15 is 0 Å². The zero-order valence-electron chi connectivity index (χ0n) is 13.0. The van der Waals surface area contributed by atoms with Gasteiger partial charge in [0, 0.05) is 24.2 Å². The number of anilines is 1. The number of hydrogen-bond acceptors (Lipinski definition) is 3. The third-order valence-corrected chi connectivity index (χ3v) is 3.27. The standard InChI is InChI=1S/C18H18N2O4/c21-16(9-10-17(22)23)20-15-8-4-7-14(11-15)18(24)19-12-13-5-2-1-3-6-13/h1-8,11H,9-10,12H2,(H,19,24)(H,20,21)(H,22,23). The molecule has 0 aliphatic rings. The molecule has 2 rings (SSSR count). The lowest BCUT2D eigenvalue weighted by atomic mass is 10.1. The molecule has 6 heteroatoms. The fourth-order valence-electron chi connectivity index (χ4n) is 2.06. The lowest BCUT2D eigenvalue weighted by molar-refractivity contribution is -0.138. The van der Waals surface area contributed by atoms with Crippen LogP contribution in [-0.2, 0) is 16.1 Å². The number of nitrogens with one attached hydrogen (secondary N) is 2. The van der Waals surface area contributed by atoms with Crippen molar-refractivity contribution >= 4 is 23.5 Å². The number of amides is 2. The molecule has 6 nitrogen and oxygen atoms in total. The van der Waals surface area contributed by atoms with Crippen LogP contribution in [0.15, 0.2) is 54.6 Å². The molecule has 0 aliphatic heterocycles. The van der Waals surface area contributed by atoms with Crippen LogP contribution in [-0.4, -0.2) is 22.9 Å². The maximum absolute atomic E-state index is 12.2. The number of rotatable bonds is 7. The number of benzene rings is 2. The zero-order valence-corrected chi connectivity index (χ0v) is 13.0. The van der Waals surface area contributed by atoms with Crippen molar-refractivity contribution in [3.63, 3.8) is 0 Å². The maximum Gasteiger partial charge on any atom is 0.303 e. The van der Waals surface area contributed by atoms with Gasteiger partial charge in [-0.25, -0.2) is 0 Å². The minimum Gasteiger partial charge on any atom is -0.481 e. The molecule has 124 valence electrons. The summed E-state index contributed by atoms with van der Waals surface area (Å²) in [5, 5.41) is 14.0. The first kappa shape index (κ1) is 17.2. The normalized spacial score (nSPS) is 10.0. The van der Waals surface area contributed by atoms with Crippen molar-refractivity contribution in [2.45, 2.75) is 19.4 Å². The maximum atomic E-state index is 12.2. The molecule has 0 saturated carbocycles. The van der Waals surface area contributed by atoms with Crippen LogP contribution in [0.1, 0.15) is 28.8 Å². The van der Waals surface area contributed by atoms with Crippen molar-refractivity contribution < 1.29 is 19.5 Å². The van der Waals surface area contributed by atoms with Crippen LogP contribution in [0, 0.1) is 0 Å². The first-order valence-corrected chi connectivity index (χ1v) is 7.48.